The van der Waals surface area contributed by atoms with Crippen molar-refractivity contribution in [3.63, 3.8) is 0 Å². The number of rotatable bonds is 7. The van der Waals surface area contributed by atoms with Crippen LogP contribution in [-0.4, -0.2) is 54.6 Å². The van der Waals surface area contributed by atoms with Gasteiger partial charge in [-0.25, -0.2) is 4.79 Å². The van der Waals surface area contributed by atoms with Crippen LogP contribution in [0.25, 0.3) is 6.08 Å². The molecule has 0 aliphatic carbocycles. The molecule has 0 amide bonds. The Morgan fingerprint density at radius 1 is 1.35 bits per heavy atom. The van der Waals surface area contributed by atoms with E-state index in [4.69, 9.17) is 27.9 Å². The summed E-state index contributed by atoms with van der Waals surface area (Å²) in [6, 6.07) is 2.41. The maximum absolute atomic E-state index is 13.3. The van der Waals surface area contributed by atoms with Crippen molar-refractivity contribution in [2.75, 3.05) is 20.4 Å². The zero-order valence-electron chi connectivity index (χ0n) is 15.8. The summed E-state index contributed by atoms with van der Waals surface area (Å²) >= 11 is 11.7. The third kappa shape index (κ3) is 7.31. The first-order valence-electron chi connectivity index (χ1n) is 7.72. The van der Waals surface area contributed by atoms with Gasteiger partial charge in [-0.15, -0.1) is 5.01 Å². The molecule has 0 fully saturated rings. The average molecular weight is 496 g/mol. The molecule has 31 heavy (non-hydrogen) atoms. The van der Waals surface area contributed by atoms with Gasteiger partial charge in [0.25, 0.3) is 6.79 Å². The zero-order valence-corrected chi connectivity index (χ0v) is 19.3. The van der Waals surface area contributed by atoms with Crippen LogP contribution in [0.15, 0.2) is 23.0 Å². The Labute approximate surface area is 204 Å². The second-order valence-corrected chi connectivity index (χ2v) is 6.49. The summed E-state index contributed by atoms with van der Waals surface area (Å²) in [6.45, 7) is -1.88. The fraction of sp³-hybridized carbons (Fsp3) is 0.333. The van der Waals surface area contributed by atoms with Crippen LogP contribution in [0.1, 0.15) is 5.56 Å². The number of esters is 1. The monoisotopic (exact) mass is 495 g/mol. The zero-order chi connectivity index (χ0) is 22.6. The molecule has 1 aliphatic heterocycles. The van der Waals surface area contributed by atoms with Crippen molar-refractivity contribution in [1.29, 1.82) is 0 Å². The van der Waals surface area contributed by atoms with E-state index in [0.29, 0.717) is 5.01 Å². The van der Waals surface area contributed by atoms with E-state index in [1.165, 1.54) is 12.1 Å². The van der Waals surface area contributed by atoms with Crippen LogP contribution in [0.3, 0.4) is 0 Å². The molecule has 0 aromatic heterocycles. The molecule has 16 heteroatoms. The van der Waals surface area contributed by atoms with Crippen LogP contribution in [0, 0.1) is 5.21 Å². The minimum Gasteiger partial charge on any atom is -0.569 e. The molecule has 1 heterocycles. The summed E-state index contributed by atoms with van der Waals surface area (Å²) in [4.78, 5) is 26.5. The number of likely N-dealkylation sites (N-methyl/N-ethyl adjacent to an activating group) is 1. The van der Waals surface area contributed by atoms with Gasteiger partial charge in [0.2, 0.25) is 11.4 Å². The van der Waals surface area contributed by atoms with E-state index in [1.807, 2.05) is 0 Å². The number of ether oxygens (including phenoxy) is 2. The summed E-state index contributed by atoms with van der Waals surface area (Å²) in [6.07, 6.45) is -6.82. The van der Waals surface area contributed by atoms with Crippen LogP contribution in [-0.2, 0) is 19.2 Å². The van der Waals surface area contributed by atoms with Crippen LogP contribution in [0.4, 0.5) is 13.2 Å². The number of benzene rings is 1. The van der Waals surface area contributed by atoms with Crippen molar-refractivity contribution in [2.24, 2.45) is 5.28 Å². The average Bonchev–Trinajstić information content (AvgIpc) is 2.62. The molecule has 1 aromatic rings. The second kappa shape index (κ2) is 11.1. The minimum absolute atomic E-state index is 0. The van der Waals surface area contributed by atoms with Gasteiger partial charge in [-0.2, -0.15) is 13.2 Å². The molecule has 1 unspecified atom stereocenters. The maximum atomic E-state index is 13.3. The van der Waals surface area contributed by atoms with Gasteiger partial charge in [0.05, 0.1) is 28.6 Å². The third-order valence-corrected chi connectivity index (χ3v) is 3.92. The van der Waals surface area contributed by atoms with E-state index in [2.05, 4.69) is 14.9 Å². The molecular weight excluding hydrogens is 485 g/mol. The molecule has 1 atom stereocenters. The van der Waals surface area contributed by atoms with Crippen molar-refractivity contribution in [2.45, 2.75) is 12.3 Å². The summed E-state index contributed by atoms with van der Waals surface area (Å²) in [7, 11) is 1.04. The summed E-state index contributed by atoms with van der Waals surface area (Å²) < 4.78 is 49.4. The molecular formula is C15H11Cl2F3N3NaO7. The smallest absolute Gasteiger partial charge is 0.569 e. The van der Waals surface area contributed by atoms with Gasteiger partial charge in [0.15, 0.2) is 0 Å². The normalized spacial score (nSPS) is 15.6. The number of carboxylic acids is 1. The molecule has 164 valence electrons. The number of hydrazine groups is 1. The fourth-order valence-electron chi connectivity index (χ4n) is 2.19. The van der Waals surface area contributed by atoms with Gasteiger partial charge in [-0.1, -0.05) is 23.2 Å². The van der Waals surface area contributed by atoms with E-state index >= 15 is 0 Å². The molecule has 10 nitrogen and oxygen atoms in total. The van der Waals surface area contributed by atoms with Crippen molar-refractivity contribution in [3.05, 3.63) is 38.5 Å². The number of alkyl halides is 3. The Hall–Kier alpha value is -1.93. The Balaban J connectivity index is 0.00000480. The number of carboxylic acid groups (broad SMARTS) is 1. The Morgan fingerprint density at radius 2 is 2.00 bits per heavy atom. The van der Waals surface area contributed by atoms with Crippen molar-refractivity contribution >= 4 is 41.2 Å². The minimum atomic E-state index is -4.99. The molecule has 0 bridgehead atoms. The molecule has 2 rings (SSSR count). The molecule has 0 saturated heterocycles. The molecule has 0 N–H and O–H groups in total. The number of fused-ring (bicyclic) bond motifs is 1. The van der Waals surface area contributed by atoms with E-state index in [9.17, 15) is 33.1 Å². The van der Waals surface area contributed by atoms with Gasteiger partial charge in [-0.05, 0) is 18.2 Å². The molecule has 1 aliphatic rings. The van der Waals surface area contributed by atoms with Gasteiger partial charge in [-0.3, -0.25) is 0 Å². The third-order valence-electron chi connectivity index (χ3n) is 3.42. The topological polar surface area (TPSA) is 127 Å². The number of carbonyl (C=O) groups is 2. The predicted octanol–water partition coefficient (Wildman–Crippen LogP) is -1.30. The number of hydrogen-bond acceptors (Lipinski definition) is 8. The quantitative estimate of drug-likeness (QED) is 0.0868. The number of carbonyl (C=O) groups excluding carboxylic acids is 2. The number of hydrogen-bond donors (Lipinski definition) is 0. The Kier molecular flexibility index (Phi) is 9.69. The predicted molar refractivity (Wildman–Crippen MR) is 90.6 cm³/mol. The van der Waals surface area contributed by atoms with Crippen LogP contribution >= 0.6 is 23.2 Å². The molecule has 1 aromatic carbocycles. The van der Waals surface area contributed by atoms with E-state index in [1.54, 1.807) is 0 Å². The number of nitrogens with zero attached hydrogens (tertiary/aromatic N) is 3. The maximum Gasteiger partial charge on any atom is 1.00 e. The van der Waals surface area contributed by atoms with Crippen LogP contribution in [0.5, 0.6) is 5.75 Å². The molecule has 0 saturated carbocycles. The largest absolute Gasteiger partial charge is 1.00 e. The van der Waals surface area contributed by atoms with Gasteiger partial charge in [0, 0.05) is 10.6 Å². The standard InChI is InChI=1S/C15H12Cl2F3N3O7.Na/c1-22(5-11(24)25)23(27)21-29-6-28-14(26)9-3-7-2-8(16)4-10(17)12(7)30-13(9)15(18,19)20;/h2-4,13H,5-6H2,1H3,(H,24,25);/q;+1/p-1. The first-order chi connectivity index (χ1) is 13.9. The summed E-state index contributed by atoms with van der Waals surface area (Å²) in [5, 5.41) is 25.0. The van der Waals surface area contributed by atoms with Crippen molar-refractivity contribution in [1.82, 2.24) is 5.01 Å². The van der Waals surface area contributed by atoms with E-state index in [-0.39, 0.29) is 55.9 Å². The number of halogens is 5. The van der Waals surface area contributed by atoms with Gasteiger partial charge in [0.1, 0.15) is 12.3 Å². The van der Waals surface area contributed by atoms with E-state index < -0.39 is 43.1 Å². The Morgan fingerprint density at radius 3 is 2.58 bits per heavy atom. The molecule has 0 radical (unpaired) electrons. The van der Waals surface area contributed by atoms with Crippen molar-refractivity contribution < 1.29 is 76.7 Å². The van der Waals surface area contributed by atoms with Crippen LogP contribution in [0.2, 0.25) is 10.0 Å². The Bertz CT molecular complexity index is 915. The van der Waals surface area contributed by atoms with Crippen molar-refractivity contribution in [3.8, 4) is 5.75 Å². The first kappa shape index (κ1) is 27.1. The summed E-state index contributed by atoms with van der Waals surface area (Å²) in [5.41, 5.74) is -0.912. The van der Waals surface area contributed by atoms with Gasteiger partial charge >= 0.3 is 41.7 Å². The van der Waals surface area contributed by atoms with Crippen LogP contribution < -0.4 is 39.4 Å². The van der Waals surface area contributed by atoms with Gasteiger partial charge < -0.3 is 29.4 Å². The number of aliphatic carboxylic acids is 1. The molecule has 0 spiro atoms. The fourth-order valence-corrected chi connectivity index (χ4v) is 2.74. The second-order valence-electron chi connectivity index (χ2n) is 5.65. The first-order valence-corrected chi connectivity index (χ1v) is 8.48. The van der Waals surface area contributed by atoms with E-state index in [0.717, 1.165) is 13.1 Å². The SMILES string of the molecule is CN(CC(=O)[O-])[N+]([O-])=NOCOC(=O)C1=Cc2cc(Cl)cc(Cl)c2OC1C(F)(F)F.[Na+]. The summed E-state index contributed by atoms with van der Waals surface area (Å²) in [5.74, 6) is -3.37.